The van der Waals surface area contributed by atoms with Crippen LogP contribution in [-0.2, 0) is 7.05 Å². The molecule has 0 spiro atoms. The molecule has 1 aromatic heterocycles. The summed E-state index contributed by atoms with van der Waals surface area (Å²) in [6.45, 7) is 7.71. The normalized spacial score (nSPS) is 12.9. The maximum absolute atomic E-state index is 9.87. The Morgan fingerprint density at radius 1 is 1.71 bits per heavy atom. The van der Waals surface area contributed by atoms with E-state index in [9.17, 15) is 5.11 Å². The van der Waals surface area contributed by atoms with Gasteiger partial charge in [-0.15, -0.1) is 6.58 Å². The van der Waals surface area contributed by atoms with Gasteiger partial charge in [0.15, 0.2) is 0 Å². The van der Waals surface area contributed by atoms with Crippen molar-refractivity contribution >= 4 is 0 Å². The van der Waals surface area contributed by atoms with E-state index in [0.29, 0.717) is 0 Å². The minimum Gasteiger partial charge on any atom is -0.388 e. The largest absolute Gasteiger partial charge is 0.388 e. The first kappa shape index (κ1) is 11.0. The average Bonchev–Trinajstić information content (AvgIpc) is 2.41. The smallest absolute Gasteiger partial charge is 0.0826 e. The molecule has 78 valence electrons. The second-order valence-electron chi connectivity index (χ2n) is 3.86. The molecule has 3 nitrogen and oxygen atoms in total. The number of aliphatic hydroxyl groups is 1. The second-order valence-corrected chi connectivity index (χ2v) is 3.86. The van der Waals surface area contributed by atoms with E-state index in [0.717, 1.165) is 29.7 Å². The Labute approximate surface area is 85.1 Å². The van der Waals surface area contributed by atoms with Crippen molar-refractivity contribution in [1.82, 2.24) is 9.78 Å². The van der Waals surface area contributed by atoms with Crippen LogP contribution in [0.4, 0.5) is 0 Å². The molecule has 14 heavy (non-hydrogen) atoms. The van der Waals surface area contributed by atoms with Gasteiger partial charge in [0.25, 0.3) is 0 Å². The van der Waals surface area contributed by atoms with Gasteiger partial charge in [-0.05, 0) is 26.7 Å². The highest BCUT2D eigenvalue weighted by Gasteiger charge is 2.12. The number of nitrogens with zero attached hydrogens (tertiary/aromatic N) is 2. The average molecular weight is 194 g/mol. The molecule has 1 aromatic rings. The summed E-state index contributed by atoms with van der Waals surface area (Å²) < 4.78 is 1.73. The molecule has 0 amide bonds. The van der Waals surface area contributed by atoms with Gasteiger partial charge >= 0.3 is 0 Å². The number of hydrogen-bond donors (Lipinski definition) is 1. The van der Waals surface area contributed by atoms with Crippen molar-refractivity contribution in [3.8, 4) is 0 Å². The van der Waals surface area contributed by atoms with Crippen LogP contribution in [0.2, 0.25) is 0 Å². The van der Waals surface area contributed by atoms with Crippen molar-refractivity contribution in [2.75, 3.05) is 0 Å². The van der Waals surface area contributed by atoms with Gasteiger partial charge in [-0.3, -0.25) is 4.68 Å². The van der Waals surface area contributed by atoms with Crippen LogP contribution in [0.1, 0.15) is 37.1 Å². The fourth-order valence-corrected chi connectivity index (χ4v) is 1.48. The summed E-state index contributed by atoms with van der Waals surface area (Å²) in [5.41, 5.74) is 2.93. The first-order chi connectivity index (χ1) is 6.50. The van der Waals surface area contributed by atoms with Gasteiger partial charge in [-0.1, -0.05) is 5.57 Å². The van der Waals surface area contributed by atoms with E-state index in [1.807, 2.05) is 27.1 Å². The minimum absolute atomic E-state index is 0.416. The predicted molar refractivity (Wildman–Crippen MR) is 57.0 cm³/mol. The van der Waals surface area contributed by atoms with Crippen LogP contribution in [0.15, 0.2) is 18.3 Å². The molecule has 0 aliphatic rings. The lowest BCUT2D eigenvalue weighted by molar-refractivity contribution is 0.167. The standard InChI is InChI=1S/C11H18N2O/c1-8(2)5-6-11(14)10-7-13(4)12-9(10)3/h7,11,14H,1,5-6H2,2-4H3. The van der Waals surface area contributed by atoms with Gasteiger partial charge in [0.05, 0.1) is 11.8 Å². The molecule has 0 aliphatic heterocycles. The van der Waals surface area contributed by atoms with E-state index in [1.54, 1.807) is 4.68 Å². The van der Waals surface area contributed by atoms with Crippen LogP contribution < -0.4 is 0 Å². The van der Waals surface area contributed by atoms with Crippen molar-refractivity contribution in [3.63, 3.8) is 0 Å². The second kappa shape index (κ2) is 4.42. The van der Waals surface area contributed by atoms with Gasteiger partial charge in [-0.2, -0.15) is 5.10 Å². The van der Waals surface area contributed by atoms with Gasteiger partial charge in [0.1, 0.15) is 0 Å². The SMILES string of the molecule is C=C(C)CCC(O)c1cn(C)nc1C. The summed E-state index contributed by atoms with van der Waals surface area (Å²) in [5, 5.41) is 14.1. The third kappa shape index (κ3) is 2.70. The summed E-state index contributed by atoms with van der Waals surface area (Å²) in [7, 11) is 1.86. The molecular formula is C11H18N2O. The molecule has 0 fully saturated rings. The van der Waals surface area contributed by atoms with E-state index < -0.39 is 6.10 Å². The molecule has 0 aliphatic carbocycles. The van der Waals surface area contributed by atoms with E-state index >= 15 is 0 Å². The van der Waals surface area contributed by atoms with Crippen LogP contribution in [0.3, 0.4) is 0 Å². The topological polar surface area (TPSA) is 38.0 Å². The maximum Gasteiger partial charge on any atom is 0.0826 e. The first-order valence-corrected chi connectivity index (χ1v) is 4.83. The molecule has 0 radical (unpaired) electrons. The monoisotopic (exact) mass is 194 g/mol. The van der Waals surface area contributed by atoms with Gasteiger partial charge in [0.2, 0.25) is 0 Å². The molecule has 0 aromatic carbocycles. The molecule has 0 bridgehead atoms. The Morgan fingerprint density at radius 3 is 2.79 bits per heavy atom. The highest BCUT2D eigenvalue weighted by atomic mass is 16.3. The zero-order valence-corrected chi connectivity index (χ0v) is 9.12. The molecule has 1 unspecified atom stereocenters. The quantitative estimate of drug-likeness (QED) is 0.745. The third-order valence-electron chi connectivity index (χ3n) is 2.25. The summed E-state index contributed by atoms with van der Waals surface area (Å²) in [6.07, 6.45) is 3.04. The molecule has 1 rings (SSSR count). The molecule has 3 heteroatoms. The van der Waals surface area contributed by atoms with Gasteiger partial charge < -0.3 is 5.11 Å². The first-order valence-electron chi connectivity index (χ1n) is 4.83. The van der Waals surface area contributed by atoms with Crippen LogP contribution in [0, 0.1) is 6.92 Å². The van der Waals surface area contributed by atoms with Crippen molar-refractivity contribution in [2.45, 2.75) is 32.8 Å². The molecule has 1 heterocycles. The van der Waals surface area contributed by atoms with Crippen molar-refractivity contribution in [2.24, 2.45) is 7.05 Å². The van der Waals surface area contributed by atoms with E-state index in [-0.39, 0.29) is 0 Å². The fraction of sp³-hybridized carbons (Fsp3) is 0.545. The fourth-order valence-electron chi connectivity index (χ4n) is 1.48. The van der Waals surface area contributed by atoms with Gasteiger partial charge in [-0.25, -0.2) is 0 Å². The van der Waals surface area contributed by atoms with Crippen molar-refractivity contribution in [1.29, 1.82) is 0 Å². The molecular weight excluding hydrogens is 176 g/mol. The zero-order valence-electron chi connectivity index (χ0n) is 9.12. The van der Waals surface area contributed by atoms with Crippen LogP contribution >= 0.6 is 0 Å². The number of allylic oxidation sites excluding steroid dienone is 1. The Hall–Kier alpha value is -1.09. The van der Waals surface area contributed by atoms with Crippen molar-refractivity contribution in [3.05, 3.63) is 29.6 Å². The predicted octanol–water partition coefficient (Wildman–Crippen LogP) is 2.12. The molecule has 0 saturated heterocycles. The lowest BCUT2D eigenvalue weighted by atomic mass is 10.0. The summed E-state index contributed by atoms with van der Waals surface area (Å²) in [4.78, 5) is 0. The Kier molecular flexibility index (Phi) is 3.47. The van der Waals surface area contributed by atoms with Crippen molar-refractivity contribution < 1.29 is 5.11 Å². The summed E-state index contributed by atoms with van der Waals surface area (Å²) in [6, 6.07) is 0. The number of hydrogen-bond acceptors (Lipinski definition) is 2. The minimum atomic E-state index is -0.416. The summed E-state index contributed by atoms with van der Waals surface area (Å²) in [5.74, 6) is 0. The number of aromatic nitrogens is 2. The lowest BCUT2D eigenvalue weighted by Gasteiger charge is -2.08. The Bertz CT molecular complexity index is 328. The lowest BCUT2D eigenvalue weighted by Crippen LogP contribution is -1.98. The molecule has 1 N–H and O–H groups in total. The number of aliphatic hydroxyl groups excluding tert-OH is 1. The van der Waals surface area contributed by atoms with E-state index in [2.05, 4.69) is 11.7 Å². The number of aryl methyl sites for hydroxylation is 2. The third-order valence-corrected chi connectivity index (χ3v) is 2.25. The van der Waals surface area contributed by atoms with Crippen LogP contribution in [0.5, 0.6) is 0 Å². The summed E-state index contributed by atoms with van der Waals surface area (Å²) >= 11 is 0. The molecule has 0 saturated carbocycles. The van der Waals surface area contributed by atoms with E-state index in [4.69, 9.17) is 0 Å². The van der Waals surface area contributed by atoms with Gasteiger partial charge in [0, 0.05) is 18.8 Å². The molecule has 1 atom stereocenters. The van der Waals surface area contributed by atoms with Crippen LogP contribution in [0.25, 0.3) is 0 Å². The van der Waals surface area contributed by atoms with Crippen LogP contribution in [-0.4, -0.2) is 14.9 Å². The zero-order chi connectivity index (χ0) is 10.7. The maximum atomic E-state index is 9.87. The Balaban J connectivity index is 2.64. The highest BCUT2D eigenvalue weighted by Crippen LogP contribution is 2.22. The van der Waals surface area contributed by atoms with E-state index in [1.165, 1.54) is 0 Å². The Morgan fingerprint density at radius 2 is 2.36 bits per heavy atom. The number of rotatable bonds is 4. The highest BCUT2D eigenvalue weighted by molar-refractivity contribution is 5.18.